The number of rotatable bonds is 9. The van der Waals surface area contributed by atoms with Crippen LogP contribution >= 0.6 is 0 Å². The van der Waals surface area contributed by atoms with Gasteiger partial charge in [0.1, 0.15) is 0 Å². The number of allylic oxidation sites excluding steroid dienone is 1. The van der Waals surface area contributed by atoms with Gasteiger partial charge in [0.15, 0.2) is 12.4 Å². The number of tetrazole rings is 1. The normalized spacial score (nSPS) is 17.0. The number of pyridine rings is 1. The van der Waals surface area contributed by atoms with Crippen LogP contribution in [-0.4, -0.2) is 36.3 Å². The average Bonchev–Trinajstić information content (AvgIpc) is 3.61. The molecule has 182 valence electrons. The first-order valence-electron chi connectivity index (χ1n) is 12.6. The van der Waals surface area contributed by atoms with Gasteiger partial charge in [-0.15, -0.1) is 10.2 Å². The fourth-order valence-corrected chi connectivity index (χ4v) is 4.91. The van der Waals surface area contributed by atoms with Gasteiger partial charge in [-0.3, -0.25) is 9.59 Å². The minimum atomic E-state index is -0.995. The Kier molecular flexibility index (Phi) is 6.88. The number of carbonyl (C=O) groups is 1. The van der Waals surface area contributed by atoms with Crippen LogP contribution in [0.2, 0.25) is 0 Å². The zero-order valence-corrected chi connectivity index (χ0v) is 19.8. The molecule has 1 aromatic carbocycles. The highest BCUT2D eigenvalue weighted by Crippen LogP contribution is 2.38. The number of nitrogens with zero attached hydrogens (tertiary/aromatic N) is 4. The van der Waals surface area contributed by atoms with Gasteiger partial charge in [0.05, 0.1) is 0 Å². The van der Waals surface area contributed by atoms with Crippen molar-refractivity contribution in [2.75, 3.05) is 0 Å². The highest BCUT2D eigenvalue weighted by Gasteiger charge is 2.26. The third-order valence-electron chi connectivity index (χ3n) is 6.97. The Balaban J connectivity index is 1.34. The van der Waals surface area contributed by atoms with E-state index in [1.165, 1.54) is 32.1 Å². The van der Waals surface area contributed by atoms with Crippen molar-refractivity contribution >= 4 is 11.5 Å². The summed E-state index contributed by atoms with van der Waals surface area (Å²) < 4.78 is 0. The molecule has 2 aliphatic carbocycles. The molecule has 0 spiro atoms. The average molecular weight is 474 g/mol. The Bertz CT molecular complexity index is 1260. The zero-order chi connectivity index (χ0) is 24.2. The highest BCUT2D eigenvalue weighted by molar-refractivity contribution is 5.78. The molecule has 0 aliphatic heterocycles. The number of hydrogen-bond acceptors (Lipinski definition) is 5. The molecule has 3 aromatic rings. The first kappa shape index (κ1) is 23.2. The molecule has 2 heterocycles. The second-order valence-corrected chi connectivity index (χ2v) is 9.74. The van der Waals surface area contributed by atoms with E-state index in [9.17, 15) is 9.59 Å². The van der Waals surface area contributed by atoms with E-state index in [0.29, 0.717) is 24.1 Å². The molecule has 2 aromatic heterocycles. The van der Waals surface area contributed by atoms with E-state index in [2.05, 4.69) is 56.8 Å². The van der Waals surface area contributed by atoms with Crippen LogP contribution in [0.15, 0.2) is 47.3 Å². The van der Waals surface area contributed by atoms with Crippen molar-refractivity contribution in [2.24, 2.45) is 5.92 Å². The van der Waals surface area contributed by atoms with Crippen molar-refractivity contribution in [1.29, 1.82) is 0 Å². The van der Waals surface area contributed by atoms with Gasteiger partial charge in [-0.2, -0.15) is 4.80 Å². The molecular formula is C27H31N5O3. The third-order valence-corrected chi connectivity index (χ3v) is 6.97. The summed E-state index contributed by atoms with van der Waals surface area (Å²) in [6, 6.07) is 12.5. The van der Waals surface area contributed by atoms with Gasteiger partial charge in [-0.05, 0) is 66.3 Å². The number of carboxylic acids is 1. The Hall–Kier alpha value is -3.55. The quantitative estimate of drug-likeness (QED) is 0.483. The number of nitrogens with one attached hydrogen (secondary N) is 1. The van der Waals surface area contributed by atoms with Gasteiger partial charge in [0.25, 0.3) is 5.56 Å². The third kappa shape index (κ3) is 5.93. The Morgan fingerprint density at radius 3 is 2.49 bits per heavy atom. The van der Waals surface area contributed by atoms with Gasteiger partial charge in [0.2, 0.25) is 0 Å². The molecule has 0 saturated heterocycles. The molecule has 2 aliphatic rings. The number of aromatic amines is 1. The fraction of sp³-hybridized carbons (Fsp3) is 0.444. The van der Waals surface area contributed by atoms with Gasteiger partial charge < -0.3 is 10.1 Å². The Morgan fingerprint density at radius 2 is 1.80 bits per heavy atom. The van der Waals surface area contributed by atoms with Crippen molar-refractivity contribution in [3.8, 4) is 0 Å². The van der Waals surface area contributed by atoms with E-state index in [-0.39, 0.29) is 12.1 Å². The molecule has 2 saturated carbocycles. The van der Waals surface area contributed by atoms with Crippen molar-refractivity contribution in [3.63, 3.8) is 0 Å². The van der Waals surface area contributed by atoms with E-state index >= 15 is 0 Å². The minimum absolute atomic E-state index is 0.0413. The topological polar surface area (TPSA) is 114 Å². The summed E-state index contributed by atoms with van der Waals surface area (Å²) in [5.41, 5.74) is 5.17. The Labute approximate surface area is 204 Å². The summed E-state index contributed by atoms with van der Waals surface area (Å²) in [5, 5.41) is 20.7. The van der Waals surface area contributed by atoms with Crippen LogP contribution in [0.25, 0.3) is 5.57 Å². The summed E-state index contributed by atoms with van der Waals surface area (Å²) in [6.45, 7) is -0.290. The smallest absolute Gasteiger partial charge is 0.327 e. The number of aryl methyl sites for hydroxylation is 2. The minimum Gasteiger partial charge on any atom is -0.480 e. The van der Waals surface area contributed by atoms with Crippen molar-refractivity contribution in [1.82, 2.24) is 25.2 Å². The fourth-order valence-electron chi connectivity index (χ4n) is 4.91. The van der Waals surface area contributed by atoms with E-state index in [1.807, 2.05) is 6.07 Å². The van der Waals surface area contributed by atoms with Crippen LogP contribution in [0.4, 0.5) is 0 Å². The largest absolute Gasteiger partial charge is 0.480 e. The SMILES string of the molecule is O=C(O)Cn1nnc(CCc2ccc(/C(=C\C3CCCCC3)c3ccc(C4CC4)c(=O)[nH]3)cc2)n1. The molecule has 0 atom stereocenters. The summed E-state index contributed by atoms with van der Waals surface area (Å²) in [7, 11) is 0. The van der Waals surface area contributed by atoms with Crippen LogP contribution < -0.4 is 5.56 Å². The lowest BCUT2D eigenvalue weighted by atomic mass is 9.86. The van der Waals surface area contributed by atoms with E-state index in [4.69, 9.17) is 5.11 Å². The number of aliphatic carboxylic acids is 1. The number of aromatic nitrogens is 5. The predicted molar refractivity (Wildman–Crippen MR) is 132 cm³/mol. The van der Waals surface area contributed by atoms with Gasteiger partial charge in [-0.25, -0.2) is 0 Å². The zero-order valence-electron chi connectivity index (χ0n) is 19.8. The van der Waals surface area contributed by atoms with Crippen LogP contribution in [0.3, 0.4) is 0 Å². The van der Waals surface area contributed by atoms with Crippen LogP contribution in [0.5, 0.6) is 0 Å². The molecule has 8 nitrogen and oxygen atoms in total. The lowest BCUT2D eigenvalue weighted by Crippen LogP contribution is -2.14. The molecule has 2 fully saturated rings. The van der Waals surface area contributed by atoms with E-state index < -0.39 is 5.97 Å². The van der Waals surface area contributed by atoms with Crippen molar-refractivity contribution in [2.45, 2.75) is 70.3 Å². The summed E-state index contributed by atoms with van der Waals surface area (Å²) in [4.78, 5) is 27.8. The summed E-state index contributed by atoms with van der Waals surface area (Å²) in [5.74, 6) is 0.495. The molecule has 0 unspecified atom stereocenters. The number of hydrogen-bond donors (Lipinski definition) is 2. The predicted octanol–water partition coefficient (Wildman–Crippen LogP) is 4.12. The number of benzene rings is 1. The molecular weight excluding hydrogens is 442 g/mol. The second kappa shape index (κ2) is 10.4. The first-order chi connectivity index (χ1) is 17.0. The molecule has 35 heavy (non-hydrogen) atoms. The molecule has 0 amide bonds. The maximum absolute atomic E-state index is 12.8. The molecule has 0 bridgehead atoms. The van der Waals surface area contributed by atoms with Crippen LogP contribution in [-0.2, 0) is 24.2 Å². The molecule has 2 N–H and O–H groups in total. The molecule has 5 rings (SSSR count). The number of carboxylic acid groups (broad SMARTS) is 1. The van der Waals surface area contributed by atoms with Crippen molar-refractivity contribution < 1.29 is 9.90 Å². The van der Waals surface area contributed by atoms with Gasteiger partial charge in [0, 0.05) is 23.3 Å². The molecule has 8 heteroatoms. The summed E-state index contributed by atoms with van der Waals surface area (Å²) >= 11 is 0. The standard InChI is InChI=1S/C27H31N5O3/c33-26(34)17-32-30-25(29-31-32)15-8-18-6-9-21(10-7-18)23(16-19-4-2-1-3-5-19)24-14-13-22(20-11-12-20)27(35)28-24/h6-7,9-10,13-14,16,19-20H,1-5,8,11-12,15,17H2,(H,28,35)(H,33,34)/b23-16+. The van der Waals surface area contributed by atoms with Crippen LogP contribution in [0.1, 0.15) is 79.1 Å². The maximum atomic E-state index is 12.8. The van der Waals surface area contributed by atoms with Gasteiger partial charge in [-0.1, -0.05) is 55.7 Å². The van der Waals surface area contributed by atoms with E-state index in [1.54, 1.807) is 0 Å². The van der Waals surface area contributed by atoms with Gasteiger partial charge >= 0.3 is 5.97 Å². The summed E-state index contributed by atoms with van der Waals surface area (Å²) in [6.07, 6.45) is 12.1. The lowest BCUT2D eigenvalue weighted by Gasteiger charge is -2.20. The lowest BCUT2D eigenvalue weighted by molar-refractivity contribution is -0.138. The van der Waals surface area contributed by atoms with E-state index in [0.717, 1.165) is 52.0 Å². The molecule has 0 radical (unpaired) electrons. The second-order valence-electron chi connectivity index (χ2n) is 9.74. The monoisotopic (exact) mass is 473 g/mol. The van der Waals surface area contributed by atoms with Crippen molar-refractivity contribution in [3.05, 3.63) is 81.0 Å². The maximum Gasteiger partial charge on any atom is 0.327 e. The Morgan fingerprint density at radius 1 is 1.03 bits per heavy atom. The number of H-pyrrole nitrogens is 1. The van der Waals surface area contributed by atoms with Crippen LogP contribution in [0, 0.1) is 5.92 Å². The highest BCUT2D eigenvalue weighted by atomic mass is 16.4. The first-order valence-corrected chi connectivity index (χ1v) is 12.6.